The van der Waals surface area contributed by atoms with E-state index >= 15 is 0 Å². The Morgan fingerprint density at radius 2 is 1.66 bits per heavy atom. The number of carbonyl (C=O) groups is 2. The number of pyridine rings is 1. The summed E-state index contributed by atoms with van der Waals surface area (Å²) in [5.74, 6) is -3.28. The second-order valence-electron chi connectivity index (χ2n) is 8.39. The molecule has 0 fully saturated rings. The van der Waals surface area contributed by atoms with Crippen molar-refractivity contribution in [3.63, 3.8) is 0 Å². The van der Waals surface area contributed by atoms with Gasteiger partial charge < -0.3 is 14.0 Å². The lowest BCUT2D eigenvalue weighted by Gasteiger charge is -2.22. The molecular formula is C26H23Cl2F3N2O5. The molecule has 0 bridgehead atoms. The van der Waals surface area contributed by atoms with Gasteiger partial charge in [-0.15, -0.1) is 0 Å². The predicted molar refractivity (Wildman–Crippen MR) is 136 cm³/mol. The van der Waals surface area contributed by atoms with Crippen LogP contribution in [0.25, 0.3) is 0 Å². The van der Waals surface area contributed by atoms with Crippen molar-refractivity contribution in [1.82, 2.24) is 9.47 Å². The normalized spacial score (nSPS) is 11.5. The zero-order chi connectivity index (χ0) is 28.0. The Labute approximate surface area is 226 Å². The smallest absolute Gasteiger partial charge is 0.491 e. The maximum Gasteiger partial charge on any atom is 0.491 e. The second kappa shape index (κ2) is 12.5. The molecule has 0 spiro atoms. The Bertz CT molecular complexity index is 1370. The third-order valence-corrected chi connectivity index (χ3v) is 6.14. The van der Waals surface area contributed by atoms with Crippen LogP contribution < -0.4 is 10.3 Å². The minimum Gasteiger partial charge on any atom is -0.497 e. The summed E-state index contributed by atoms with van der Waals surface area (Å²) < 4.78 is 47.5. The van der Waals surface area contributed by atoms with Gasteiger partial charge in [0.25, 0.3) is 5.56 Å². The summed E-state index contributed by atoms with van der Waals surface area (Å²) in [6, 6.07) is 14.4. The number of nitrogens with zero attached hydrogens (tertiary/aromatic N) is 2. The van der Waals surface area contributed by atoms with Gasteiger partial charge in [0.2, 0.25) is 0 Å². The predicted octanol–water partition coefficient (Wildman–Crippen LogP) is 5.28. The van der Waals surface area contributed by atoms with Crippen LogP contribution in [-0.2, 0) is 35.6 Å². The molecule has 0 aliphatic carbocycles. The summed E-state index contributed by atoms with van der Waals surface area (Å²) in [5, 5.41) is 0.279. The van der Waals surface area contributed by atoms with Crippen molar-refractivity contribution in [1.29, 1.82) is 0 Å². The SMILES string of the molecule is COc1cccc(CN(C)Cc2c(Cl)cc(Cl)c(=O)n2CCc2ccc(C(=O)OC(=O)C(F)(F)F)cc2)c1. The number of carbonyl (C=O) groups excluding carboxylic acids is 2. The summed E-state index contributed by atoms with van der Waals surface area (Å²) in [5.41, 5.74) is 1.57. The Morgan fingerprint density at radius 1 is 0.974 bits per heavy atom. The fraction of sp³-hybridized carbons (Fsp3) is 0.269. The van der Waals surface area contributed by atoms with Gasteiger partial charge in [0.05, 0.1) is 23.4 Å². The van der Waals surface area contributed by atoms with Crippen LogP contribution in [0.5, 0.6) is 5.75 Å². The fourth-order valence-corrected chi connectivity index (χ4v) is 4.22. The van der Waals surface area contributed by atoms with Crippen LogP contribution in [0.4, 0.5) is 13.2 Å². The first-order valence-corrected chi connectivity index (χ1v) is 12.0. The van der Waals surface area contributed by atoms with Gasteiger partial charge in [-0.2, -0.15) is 13.2 Å². The highest BCUT2D eigenvalue weighted by molar-refractivity contribution is 6.34. The number of alkyl halides is 3. The molecule has 1 aromatic heterocycles. The molecule has 0 aliphatic heterocycles. The summed E-state index contributed by atoms with van der Waals surface area (Å²) in [6.45, 7) is 1.08. The summed E-state index contributed by atoms with van der Waals surface area (Å²) in [6.07, 6.45) is -4.96. The van der Waals surface area contributed by atoms with E-state index < -0.39 is 23.7 Å². The maximum atomic E-state index is 12.9. The number of benzene rings is 2. The van der Waals surface area contributed by atoms with Crippen LogP contribution in [-0.4, -0.2) is 41.7 Å². The van der Waals surface area contributed by atoms with E-state index in [0.717, 1.165) is 11.3 Å². The summed E-state index contributed by atoms with van der Waals surface area (Å²) >= 11 is 12.6. The van der Waals surface area contributed by atoms with E-state index in [1.807, 2.05) is 36.2 Å². The van der Waals surface area contributed by atoms with Crippen molar-refractivity contribution >= 4 is 35.1 Å². The Kier molecular flexibility index (Phi) is 9.59. The van der Waals surface area contributed by atoms with Crippen molar-refractivity contribution in [3.8, 4) is 5.75 Å². The van der Waals surface area contributed by atoms with Crippen LogP contribution >= 0.6 is 23.2 Å². The lowest BCUT2D eigenvalue weighted by Crippen LogP contribution is -2.29. The lowest BCUT2D eigenvalue weighted by molar-refractivity contribution is -0.193. The molecule has 0 amide bonds. The number of aromatic nitrogens is 1. The van der Waals surface area contributed by atoms with Crippen LogP contribution in [0.15, 0.2) is 59.4 Å². The van der Waals surface area contributed by atoms with E-state index in [9.17, 15) is 27.6 Å². The standard InChI is InChI=1S/C26H23Cl2F3N2O5/c1-32(14-17-4-3-5-19(12-17)37-2)15-22-20(27)13-21(28)23(34)33(22)11-10-16-6-8-18(9-7-16)24(35)38-25(36)26(29,30)31/h3-9,12-13H,10-11,14-15H2,1-2H3. The highest BCUT2D eigenvalue weighted by atomic mass is 35.5. The quantitative estimate of drug-likeness (QED) is 0.257. The van der Waals surface area contributed by atoms with E-state index in [2.05, 4.69) is 4.74 Å². The Morgan fingerprint density at radius 3 is 2.29 bits per heavy atom. The summed E-state index contributed by atoms with van der Waals surface area (Å²) in [4.78, 5) is 37.5. The van der Waals surface area contributed by atoms with Gasteiger partial charge in [-0.25, -0.2) is 9.59 Å². The van der Waals surface area contributed by atoms with Crippen molar-refractivity contribution < 1.29 is 32.2 Å². The topological polar surface area (TPSA) is 77.8 Å². The van der Waals surface area contributed by atoms with Crippen LogP contribution in [0.3, 0.4) is 0 Å². The van der Waals surface area contributed by atoms with E-state index in [-0.39, 0.29) is 17.1 Å². The monoisotopic (exact) mass is 570 g/mol. The maximum absolute atomic E-state index is 12.9. The first-order chi connectivity index (χ1) is 17.9. The van der Waals surface area contributed by atoms with Crippen molar-refractivity contribution in [2.75, 3.05) is 14.2 Å². The number of hydrogen-bond donors (Lipinski definition) is 0. The fourth-order valence-electron chi connectivity index (χ4n) is 3.68. The third kappa shape index (κ3) is 7.59. The molecule has 38 heavy (non-hydrogen) atoms. The number of ether oxygens (including phenoxy) is 2. The van der Waals surface area contributed by atoms with Crippen molar-refractivity contribution in [2.45, 2.75) is 32.2 Å². The number of aryl methyl sites for hydroxylation is 1. The number of methoxy groups -OCH3 is 1. The molecule has 1 heterocycles. The van der Waals surface area contributed by atoms with Gasteiger partial charge in [0.1, 0.15) is 10.8 Å². The summed E-state index contributed by atoms with van der Waals surface area (Å²) in [7, 11) is 3.46. The van der Waals surface area contributed by atoms with E-state index in [4.69, 9.17) is 27.9 Å². The Hall–Kier alpha value is -3.34. The van der Waals surface area contributed by atoms with Gasteiger partial charge in [-0.1, -0.05) is 47.5 Å². The molecule has 7 nitrogen and oxygen atoms in total. The van der Waals surface area contributed by atoms with Gasteiger partial charge in [-0.3, -0.25) is 9.69 Å². The van der Waals surface area contributed by atoms with E-state index in [0.29, 0.717) is 35.8 Å². The van der Waals surface area contributed by atoms with Crippen LogP contribution in [0.2, 0.25) is 10.0 Å². The van der Waals surface area contributed by atoms with Crippen LogP contribution in [0, 0.1) is 0 Å². The molecule has 3 rings (SSSR count). The first kappa shape index (κ1) is 29.2. The molecule has 12 heteroatoms. The first-order valence-electron chi connectivity index (χ1n) is 11.2. The largest absolute Gasteiger partial charge is 0.497 e. The molecule has 0 aliphatic rings. The van der Waals surface area contributed by atoms with E-state index in [1.165, 1.54) is 34.9 Å². The van der Waals surface area contributed by atoms with Gasteiger partial charge >= 0.3 is 18.1 Å². The number of rotatable bonds is 9. The molecular weight excluding hydrogens is 548 g/mol. The highest BCUT2D eigenvalue weighted by Gasteiger charge is 2.42. The molecule has 0 saturated heterocycles. The zero-order valence-electron chi connectivity index (χ0n) is 20.4. The average Bonchev–Trinajstić information content (AvgIpc) is 2.86. The van der Waals surface area contributed by atoms with E-state index in [1.54, 1.807) is 7.11 Å². The highest BCUT2D eigenvalue weighted by Crippen LogP contribution is 2.22. The number of esters is 2. The second-order valence-corrected chi connectivity index (χ2v) is 9.20. The third-order valence-electron chi connectivity index (χ3n) is 5.54. The minimum absolute atomic E-state index is 0.0402. The van der Waals surface area contributed by atoms with Crippen molar-refractivity contribution in [3.05, 3.63) is 97.4 Å². The number of halogens is 5. The lowest BCUT2D eigenvalue weighted by atomic mass is 10.1. The molecule has 202 valence electrons. The van der Waals surface area contributed by atoms with Crippen LogP contribution in [0.1, 0.15) is 27.2 Å². The molecule has 2 aromatic carbocycles. The zero-order valence-corrected chi connectivity index (χ0v) is 21.9. The minimum atomic E-state index is -5.28. The van der Waals surface area contributed by atoms with Gasteiger partial charge in [-0.05, 0) is 54.9 Å². The molecule has 0 saturated carbocycles. The molecule has 0 unspecified atom stereocenters. The molecule has 0 N–H and O–H groups in total. The molecule has 0 radical (unpaired) electrons. The average molecular weight is 571 g/mol. The van der Waals surface area contributed by atoms with Gasteiger partial charge in [0, 0.05) is 19.6 Å². The molecule has 0 atom stereocenters. The van der Waals surface area contributed by atoms with Crippen molar-refractivity contribution in [2.24, 2.45) is 0 Å². The molecule has 3 aromatic rings. The Balaban J connectivity index is 1.73. The number of hydrogen-bond acceptors (Lipinski definition) is 6. The van der Waals surface area contributed by atoms with Gasteiger partial charge in [0.15, 0.2) is 0 Å².